The molecular formula is C19H27N3O3. The van der Waals surface area contributed by atoms with Gasteiger partial charge in [0.1, 0.15) is 5.60 Å². The number of urea groups is 1. The summed E-state index contributed by atoms with van der Waals surface area (Å²) in [5, 5.41) is 13.5. The summed E-state index contributed by atoms with van der Waals surface area (Å²) < 4.78 is 0. The van der Waals surface area contributed by atoms with Crippen molar-refractivity contribution in [3.8, 4) is 0 Å². The highest BCUT2D eigenvalue weighted by atomic mass is 16.3. The maximum Gasteiger partial charge on any atom is 0.317 e. The number of carbonyl (C=O) groups is 2. The van der Waals surface area contributed by atoms with Crippen LogP contribution in [0.5, 0.6) is 0 Å². The summed E-state index contributed by atoms with van der Waals surface area (Å²) in [6, 6.07) is 9.62. The van der Waals surface area contributed by atoms with Crippen molar-refractivity contribution in [3.05, 3.63) is 35.9 Å². The van der Waals surface area contributed by atoms with Crippen LogP contribution in [0.1, 0.15) is 25.3 Å². The number of nitrogens with zero attached hydrogens (tertiary/aromatic N) is 2. The fourth-order valence-corrected chi connectivity index (χ4v) is 3.73. The third kappa shape index (κ3) is 4.31. The van der Waals surface area contributed by atoms with Crippen LogP contribution in [0.3, 0.4) is 0 Å². The van der Waals surface area contributed by atoms with Gasteiger partial charge in [-0.1, -0.05) is 30.3 Å². The molecule has 6 heteroatoms. The molecule has 0 radical (unpaired) electrons. The Morgan fingerprint density at radius 3 is 2.52 bits per heavy atom. The fraction of sp³-hybridized carbons (Fsp3) is 0.579. The molecule has 3 amide bonds. The molecule has 2 fully saturated rings. The second-order valence-electron chi connectivity index (χ2n) is 7.35. The van der Waals surface area contributed by atoms with Crippen molar-refractivity contribution >= 4 is 11.9 Å². The Morgan fingerprint density at radius 1 is 1.24 bits per heavy atom. The lowest BCUT2D eigenvalue weighted by atomic mass is 9.91. The average molecular weight is 345 g/mol. The minimum Gasteiger partial charge on any atom is -0.380 e. The normalized spacial score (nSPS) is 21.1. The monoisotopic (exact) mass is 345 g/mol. The molecule has 2 aliphatic rings. The Morgan fingerprint density at radius 2 is 1.92 bits per heavy atom. The number of hydrogen-bond acceptors (Lipinski definition) is 3. The number of aliphatic hydroxyl groups is 1. The van der Waals surface area contributed by atoms with Crippen LogP contribution < -0.4 is 5.32 Å². The van der Waals surface area contributed by atoms with Crippen LogP contribution in [0.2, 0.25) is 0 Å². The van der Waals surface area contributed by atoms with Gasteiger partial charge in [-0.2, -0.15) is 0 Å². The summed E-state index contributed by atoms with van der Waals surface area (Å²) in [4.78, 5) is 28.0. The minimum atomic E-state index is -1.39. The summed E-state index contributed by atoms with van der Waals surface area (Å²) in [6.45, 7) is 5.13. The predicted octanol–water partition coefficient (Wildman–Crippen LogP) is 1.24. The first kappa shape index (κ1) is 17.7. The van der Waals surface area contributed by atoms with Crippen LogP contribution in [0, 0.1) is 5.92 Å². The molecular weight excluding hydrogens is 318 g/mol. The Bertz CT molecular complexity index is 610. The van der Waals surface area contributed by atoms with E-state index in [9.17, 15) is 14.7 Å². The highest BCUT2D eigenvalue weighted by Crippen LogP contribution is 2.23. The first-order valence-electron chi connectivity index (χ1n) is 9.04. The summed E-state index contributed by atoms with van der Waals surface area (Å²) in [5.41, 5.74) is -0.431. The van der Waals surface area contributed by atoms with E-state index in [0.717, 1.165) is 38.0 Å². The molecule has 2 aliphatic heterocycles. The maximum absolute atomic E-state index is 12.7. The van der Waals surface area contributed by atoms with Gasteiger partial charge in [0, 0.05) is 39.1 Å². The summed E-state index contributed by atoms with van der Waals surface area (Å²) in [7, 11) is 0. The highest BCUT2D eigenvalue weighted by Gasteiger charge is 2.36. The Hall–Kier alpha value is -2.08. The van der Waals surface area contributed by atoms with E-state index in [2.05, 4.69) is 5.32 Å². The minimum absolute atomic E-state index is 0.0179. The SMILES string of the molecule is CC(O)(Cc1ccccc1)C(=O)N1CCC(CN2CCNC2=O)CC1. The number of carbonyl (C=O) groups excluding carboxylic acids is 2. The van der Waals surface area contributed by atoms with Crippen LogP contribution in [0.15, 0.2) is 30.3 Å². The van der Waals surface area contributed by atoms with Gasteiger partial charge in [-0.05, 0) is 31.2 Å². The van der Waals surface area contributed by atoms with E-state index in [1.165, 1.54) is 0 Å². The van der Waals surface area contributed by atoms with E-state index < -0.39 is 5.60 Å². The number of piperidine rings is 1. The van der Waals surface area contributed by atoms with Gasteiger partial charge in [0.05, 0.1) is 0 Å². The Labute approximate surface area is 148 Å². The van der Waals surface area contributed by atoms with Crippen molar-refractivity contribution in [3.63, 3.8) is 0 Å². The molecule has 6 nitrogen and oxygen atoms in total. The molecule has 1 aromatic rings. The van der Waals surface area contributed by atoms with E-state index in [1.807, 2.05) is 35.2 Å². The van der Waals surface area contributed by atoms with Crippen molar-refractivity contribution in [2.45, 2.75) is 31.8 Å². The second kappa shape index (κ2) is 7.44. The quantitative estimate of drug-likeness (QED) is 0.843. The van der Waals surface area contributed by atoms with Gasteiger partial charge in [0.15, 0.2) is 0 Å². The highest BCUT2D eigenvalue weighted by molar-refractivity contribution is 5.85. The molecule has 0 aromatic heterocycles. The van der Waals surface area contributed by atoms with E-state index in [4.69, 9.17) is 0 Å². The lowest BCUT2D eigenvalue weighted by Gasteiger charge is -2.37. The van der Waals surface area contributed by atoms with E-state index in [-0.39, 0.29) is 11.9 Å². The molecule has 1 aromatic carbocycles. The molecule has 2 heterocycles. The number of likely N-dealkylation sites (tertiary alicyclic amines) is 1. The summed E-state index contributed by atoms with van der Waals surface area (Å²) in [5.74, 6) is 0.223. The van der Waals surface area contributed by atoms with Crippen LogP contribution in [-0.4, -0.2) is 65.2 Å². The molecule has 2 saturated heterocycles. The standard InChI is InChI=1S/C19H27N3O3/c1-19(25,13-15-5-3-2-4-6-15)17(23)21-10-7-16(8-11-21)14-22-12-9-20-18(22)24/h2-6,16,25H,7-14H2,1H3,(H,20,24). The van der Waals surface area contributed by atoms with Crippen LogP contribution >= 0.6 is 0 Å². The lowest BCUT2D eigenvalue weighted by Crippen LogP contribution is -2.51. The first-order valence-corrected chi connectivity index (χ1v) is 9.04. The van der Waals surface area contributed by atoms with Crippen molar-refractivity contribution in [1.29, 1.82) is 0 Å². The molecule has 2 N–H and O–H groups in total. The summed E-state index contributed by atoms with van der Waals surface area (Å²) in [6.07, 6.45) is 2.06. The second-order valence-corrected chi connectivity index (χ2v) is 7.35. The predicted molar refractivity (Wildman–Crippen MR) is 95.0 cm³/mol. The van der Waals surface area contributed by atoms with E-state index >= 15 is 0 Å². The van der Waals surface area contributed by atoms with Crippen LogP contribution in [0.4, 0.5) is 4.79 Å². The third-order valence-corrected chi connectivity index (χ3v) is 5.18. The molecule has 0 bridgehead atoms. The van der Waals surface area contributed by atoms with Gasteiger partial charge >= 0.3 is 6.03 Å². The number of hydrogen-bond donors (Lipinski definition) is 2. The summed E-state index contributed by atoms with van der Waals surface area (Å²) >= 11 is 0. The van der Waals surface area contributed by atoms with Crippen LogP contribution in [0.25, 0.3) is 0 Å². The van der Waals surface area contributed by atoms with Gasteiger partial charge in [0.2, 0.25) is 0 Å². The Balaban J connectivity index is 1.51. The van der Waals surface area contributed by atoms with Gasteiger partial charge in [-0.15, -0.1) is 0 Å². The molecule has 0 saturated carbocycles. The Kier molecular flexibility index (Phi) is 5.27. The molecule has 0 spiro atoms. The zero-order valence-corrected chi connectivity index (χ0v) is 14.8. The number of benzene rings is 1. The number of nitrogens with one attached hydrogen (secondary N) is 1. The van der Waals surface area contributed by atoms with Crippen molar-refractivity contribution in [1.82, 2.24) is 15.1 Å². The number of amides is 3. The smallest absolute Gasteiger partial charge is 0.317 e. The van der Waals surface area contributed by atoms with Crippen molar-refractivity contribution in [2.75, 3.05) is 32.7 Å². The molecule has 0 aliphatic carbocycles. The molecule has 1 unspecified atom stereocenters. The van der Waals surface area contributed by atoms with E-state index in [1.54, 1.807) is 11.8 Å². The van der Waals surface area contributed by atoms with Crippen molar-refractivity contribution in [2.24, 2.45) is 5.92 Å². The van der Waals surface area contributed by atoms with Gasteiger partial charge in [-0.25, -0.2) is 4.79 Å². The largest absolute Gasteiger partial charge is 0.380 e. The topological polar surface area (TPSA) is 72.9 Å². The molecule has 3 rings (SSSR count). The average Bonchev–Trinajstić information content (AvgIpc) is 3.00. The lowest BCUT2D eigenvalue weighted by molar-refractivity contribution is -0.151. The zero-order chi connectivity index (χ0) is 17.9. The molecule has 1 atom stereocenters. The maximum atomic E-state index is 12.7. The van der Waals surface area contributed by atoms with Gasteiger partial charge < -0.3 is 20.2 Å². The van der Waals surface area contributed by atoms with E-state index in [0.29, 0.717) is 25.4 Å². The van der Waals surface area contributed by atoms with Gasteiger partial charge in [-0.3, -0.25) is 4.79 Å². The zero-order valence-electron chi connectivity index (χ0n) is 14.8. The molecule has 25 heavy (non-hydrogen) atoms. The third-order valence-electron chi connectivity index (χ3n) is 5.18. The molecule has 136 valence electrons. The van der Waals surface area contributed by atoms with Crippen molar-refractivity contribution < 1.29 is 14.7 Å². The number of rotatable bonds is 5. The van der Waals surface area contributed by atoms with Crippen LogP contribution in [-0.2, 0) is 11.2 Å². The van der Waals surface area contributed by atoms with Gasteiger partial charge in [0.25, 0.3) is 5.91 Å². The first-order chi connectivity index (χ1) is 12.0. The fourth-order valence-electron chi connectivity index (χ4n) is 3.73.